The molecule has 1 amide bonds. The van der Waals surface area contributed by atoms with E-state index in [9.17, 15) is 4.79 Å². The van der Waals surface area contributed by atoms with Gasteiger partial charge in [-0.25, -0.2) is 0 Å². The lowest BCUT2D eigenvalue weighted by Crippen LogP contribution is -2.33. The summed E-state index contributed by atoms with van der Waals surface area (Å²) >= 11 is 6.08. The number of likely N-dealkylation sites (tertiary alicyclic amines) is 1. The maximum absolute atomic E-state index is 12.9. The van der Waals surface area contributed by atoms with Crippen molar-refractivity contribution in [3.05, 3.63) is 28.8 Å². The third-order valence-electron chi connectivity index (χ3n) is 4.92. The van der Waals surface area contributed by atoms with Gasteiger partial charge in [-0.3, -0.25) is 4.79 Å². The Morgan fingerprint density at radius 2 is 2.17 bits per heavy atom. The fourth-order valence-electron chi connectivity index (χ4n) is 3.67. The molecule has 3 unspecified atom stereocenters. The van der Waals surface area contributed by atoms with Crippen LogP contribution in [-0.4, -0.2) is 50.3 Å². The Bertz CT molecular complexity index is 581. The second-order valence-corrected chi connectivity index (χ2v) is 6.79. The van der Waals surface area contributed by atoms with E-state index in [0.29, 0.717) is 41.4 Å². The summed E-state index contributed by atoms with van der Waals surface area (Å²) in [5.41, 5.74) is 6.67. The number of methoxy groups -OCH3 is 1. The SMILES string of the molecule is COCCOc1ccc(Cl)cc1C(=O)N1CC2CCC(N)C2C1. The van der Waals surface area contributed by atoms with E-state index in [1.54, 1.807) is 25.3 Å². The highest BCUT2D eigenvalue weighted by atomic mass is 35.5. The van der Waals surface area contributed by atoms with E-state index in [-0.39, 0.29) is 11.9 Å². The van der Waals surface area contributed by atoms with Crippen molar-refractivity contribution in [1.82, 2.24) is 4.90 Å². The van der Waals surface area contributed by atoms with Gasteiger partial charge in [-0.2, -0.15) is 0 Å². The second kappa shape index (κ2) is 7.07. The van der Waals surface area contributed by atoms with E-state index in [0.717, 1.165) is 25.9 Å². The van der Waals surface area contributed by atoms with Crippen molar-refractivity contribution >= 4 is 17.5 Å². The molecule has 0 spiro atoms. The molecule has 3 atom stereocenters. The molecule has 0 radical (unpaired) electrons. The molecule has 1 saturated carbocycles. The topological polar surface area (TPSA) is 64.8 Å². The van der Waals surface area contributed by atoms with E-state index in [1.165, 1.54) is 0 Å². The van der Waals surface area contributed by atoms with E-state index >= 15 is 0 Å². The van der Waals surface area contributed by atoms with Crippen LogP contribution in [0.25, 0.3) is 0 Å². The number of rotatable bonds is 5. The third-order valence-corrected chi connectivity index (χ3v) is 5.15. The predicted molar refractivity (Wildman–Crippen MR) is 88.9 cm³/mol. The fraction of sp³-hybridized carbons (Fsp3) is 0.588. The van der Waals surface area contributed by atoms with Gasteiger partial charge in [-0.05, 0) is 42.9 Å². The number of nitrogens with two attached hydrogens (primary N) is 1. The number of halogens is 1. The van der Waals surface area contributed by atoms with Gasteiger partial charge in [-0.15, -0.1) is 0 Å². The van der Waals surface area contributed by atoms with Gasteiger partial charge >= 0.3 is 0 Å². The maximum atomic E-state index is 12.9. The van der Waals surface area contributed by atoms with Crippen molar-refractivity contribution in [3.63, 3.8) is 0 Å². The summed E-state index contributed by atoms with van der Waals surface area (Å²) in [6, 6.07) is 5.37. The number of carbonyl (C=O) groups is 1. The first-order valence-electron chi connectivity index (χ1n) is 8.06. The molecule has 1 aromatic carbocycles. The zero-order valence-electron chi connectivity index (χ0n) is 13.3. The van der Waals surface area contributed by atoms with Crippen LogP contribution in [0.1, 0.15) is 23.2 Å². The fourth-order valence-corrected chi connectivity index (χ4v) is 3.85. The Morgan fingerprint density at radius 3 is 2.91 bits per heavy atom. The number of benzene rings is 1. The third kappa shape index (κ3) is 3.47. The first kappa shape index (κ1) is 16.6. The minimum atomic E-state index is -0.0264. The molecule has 1 aromatic rings. The van der Waals surface area contributed by atoms with E-state index in [1.807, 2.05) is 4.90 Å². The molecule has 1 aliphatic heterocycles. The van der Waals surface area contributed by atoms with Gasteiger partial charge in [0.2, 0.25) is 0 Å². The Labute approximate surface area is 141 Å². The average Bonchev–Trinajstić information content (AvgIpc) is 3.11. The zero-order valence-corrected chi connectivity index (χ0v) is 14.1. The number of carbonyl (C=O) groups excluding carboxylic acids is 1. The normalized spacial score (nSPS) is 26.4. The highest BCUT2D eigenvalue weighted by Crippen LogP contribution is 2.38. The van der Waals surface area contributed by atoms with Crippen molar-refractivity contribution in [2.24, 2.45) is 17.6 Å². The van der Waals surface area contributed by atoms with Gasteiger partial charge in [-0.1, -0.05) is 11.6 Å². The Kier molecular flexibility index (Phi) is 5.09. The summed E-state index contributed by atoms with van der Waals surface area (Å²) in [6.45, 7) is 2.38. The quantitative estimate of drug-likeness (QED) is 0.836. The van der Waals surface area contributed by atoms with Crippen LogP contribution in [0, 0.1) is 11.8 Å². The summed E-state index contributed by atoms with van der Waals surface area (Å²) < 4.78 is 10.7. The molecular weight excluding hydrogens is 316 g/mol. The van der Waals surface area contributed by atoms with Crippen LogP contribution in [0.2, 0.25) is 5.02 Å². The minimum absolute atomic E-state index is 0.0264. The maximum Gasteiger partial charge on any atom is 0.257 e. The largest absolute Gasteiger partial charge is 0.490 e. The monoisotopic (exact) mass is 338 g/mol. The molecule has 6 heteroatoms. The van der Waals surface area contributed by atoms with Crippen LogP contribution < -0.4 is 10.5 Å². The lowest BCUT2D eigenvalue weighted by molar-refractivity contribution is 0.0772. The molecule has 1 heterocycles. The van der Waals surface area contributed by atoms with Gasteiger partial charge in [0, 0.05) is 31.3 Å². The first-order valence-corrected chi connectivity index (χ1v) is 8.44. The van der Waals surface area contributed by atoms with E-state index < -0.39 is 0 Å². The number of amides is 1. The van der Waals surface area contributed by atoms with Crippen molar-refractivity contribution < 1.29 is 14.3 Å². The lowest BCUT2D eigenvalue weighted by atomic mass is 9.98. The molecule has 126 valence electrons. The molecule has 23 heavy (non-hydrogen) atoms. The van der Waals surface area contributed by atoms with Gasteiger partial charge in [0.1, 0.15) is 12.4 Å². The molecule has 0 aromatic heterocycles. The van der Waals surface area contributed by atoms with Gasteiger partial charge in [0.15, 0.2) is 0 Å². The van der Waals surface area contributed by atoms with Gasteiger partial charge in [0.25, 0.3) is 5.91 Å². The van der Waals surface area contributed by atoms with Crippen LogP contribution in [0.15, 0.2) is 18.2 Å². The Morgan fingerprint density at radius 1 is 1.35 bits per heavy atom. The van der Waals surface area contributed by atoms with E-state index in [2.05, 4.69) is 0 Å². The summed E-state index contributed by atoms with van der Waals surface area (Å²) in [6.07, 6.45) is 2.18. The minimum Gasteiger partial charge on any atom is -0.490 e. The first-order chi connectivity index (χ1) is 11.1. The van der Waals surface area contributed by atoms with Crippen molar-refractivity contribution in [3.8, 4) is 5.75 Å². The van der Waals surface area contributed by atoms with Gasteiger partial charge in [0.05, 0.1) is 12.2 Å². The van der Waals surface area contributed by atoms with Crippen LogP contribution >= 0.6 is 11.6 Å². The summed E-state index contributed by atoms with van der Waals surface area (Å²) in [4.78, 5) is 14.8. The summed E-state index contributed by atoms with van der Waals surface area (Å²) in [5, 5.41) is 0.531. The molecule has 3 rings (SSSR count). The van der Waals surface area contributed by atoms with Crippen molar-refractivity contribution in [1.29, 1.82) is 0 Å². The number of fused-ring (bicyclic) bond motifs is 1. The average molecular weight is 339 g/mol. The molecule has 2 N–H and O–H groups in total. The second-order valence-electron chi connectivity index (χ2n) is 6.36. The summed E-state index contributed by atoms with van der Waals surface area (Å²) in [7, 11) is 1.61. The van der Waals surface area contributed by atoms with Crippen LogP contribution in [-0.2, 0) is 4.74 Å². The Balaban J connectivity index is 1.75. The highest BCUT2D eigenvalue weighted by molar-refractivity contribution is 6.31. The number of nitrogens with zero attached hydrogens (tertiary/aromatic N) is 1. The standard InChI is InChI=1S/C17H23ClN2O3/c1-22-6-7-23-16-5-3-12(18)8-13(16)17(21)20-9-11-2-4-15(19)14(11)10-20/h3,5,8,11,14-15H,2,4,6-7,9-10,19H2,1H3. The van der Waals surface area contributed by atoms with Crippen LogP contribution in [0.5, 0.6) is 5.75 Å². The van der Waals surface area contributed by atoms with Crippen LogP contribution in [0.3, 0.4) is 0 Å². The molecule has 0 bridgehead atoms. The van der Waals surface area contributed by atoms with Crippen molar-refractivity contribution in [2.75, 3.05) is 33.4 Å². The predicted octanol–water partition coefficient (Wildman–Crippen LogP) is 2.17. The molecule has 2 fully saturated rings. The molecule has 1 aliphatic carbocycles. The zero-order chi connectivity index (χ0) is 16.4. The molecule has 5 nitrogen and oxygen atoms in total. The van der Waals surface area contributed by atoms with Crippen molar-refractivity contribution in [2.45, 2.75) is 18.9 Å². The number of hydrogen-bond acceptors (Lipinski definition) is 4. The molecule has 1 saturated heterocycles. The van der Waals surface area contributed by atoms with Gasteiger partial charge < -0.3 is 20.1 Å². The molecular formula is C17H23ClN2O3. The number of ether oxygens (including phenoxy) is 2. The van der Waals surface area contributed by atoms with Crippen LogP contribution in [0.4, 0.5) is 0 Å². The summed E-state index contributed by atoms with van der Waals surface area (Å²) in [5.74, 6) is 1.49. The highest BCUT2D eigenvalue weighted by Gasteiger charge is 2.42. The molecule has 2 aliphatic rings. The number of hydrogen-bond donors (Lipinski definition) is 1. The smallest absolute Gasteiger partial charge is 0.257 e. The Hall–Kier alpha value is -1.30. The van der Waals surface area contributed by atoms with E-state index in [4.69, 9.17) is 26.8 Å². The lowest BCUT2D eigenvalue weighted by Gasteiger charge is -2.20.